The Balaban J connectivity index is 4.11. The number of nitrogens with zero attached hydrogens (tertiary/aromatic N) is 1. The van der Waals surface area contributed by atoms with Crippen LogP contribution in [0.5, 0.6) is 0 Å². The first kappa shape index (κ1) is 10.6. The van der Waals surface area contributed by atoms with Gasteiger partial charge in [0.05, 0.1) is 6.54 Å². The summed E-state index contributed by atoms with van der Waals surface area (Å²) in [5.74, 6) is 0. The second-order valence-corrected chi connectivity index (χ2v) is 2.96. The van der Waals surface area contributed by atoms with Crippen molar-refractivity contribution < 1.29 is 5.06 Å². The van der Waals surface area contributed by atoms with E-state index < -0.39 is 5.66 Å². The average molecular weight is 158 g/mol. The van der Waals surface area contributed by atoms with Crippen molar-refractivity contribution in [1.82, 2.24) is 0 Å². The third kappa shape index (κ3) is 2.60. The highest BCUT2D eigenvalue weighted by atomic mass is 16.5. The van der Waals surface area contributed by atoms with Crippen molar-refractivity contribution in [2.75, 3.05) is 6.54 Å². The first-order valence-electron chi connectivity index (χ1n) is 4.12. The van der Waals surface area contributed by atoms with E-state index in [1.807, 2.05) is 20.8 Å². The minimum atomic E-state index is -0.532. The molecule has 2 unspecified atom stereocenters. The minimum absolute atomic E-state index is 0.206. The number of hydroxylamine groups is 2. The molecule has 0 aliphatic heterocycles. The molecule has 66 valence electrons. The molecule has 3 heteroatoms. The molecule has 0 aromatic heterocycles. The van der Waals surface area contributed by atoms with E-state index >= 15 is 0 Å². The highest BCUT2D eigenvalue weighted by Gasteiger charge is 2.25. The molecule has 3 nitrogen and oxygen atoms in total. The van der Waals surface area contributed by atoms with Gasteiger partial charge in [-0.2, -0.15) is 0 Å². The van der Waals surface area contributed by atoms with Gasteiger partial charge in [0.25, 0.3) is 0 Å². The van der Waals surface area contributed by atoms with Crippen LogP contribution in [0, 0.1) is 5.21 Å². The third-order valence-corrected chi connectivity index (χ3v) is 2.12. The normalized spacial score (nSPS) is 18.9. The largest absolute Gasteiger partial charge is 0.633 e. The molecule has 0 aliphatic rings. The summed E-state index contributed by atoms with van der Waals surface area (Å²) in [6.45, 7) is 9.85. The summed E-state index contributed by atoms with van der Waals surface area (Å²) >= 11 is 0. The molecule has 0 aromatic rings. The maximum Gasteiger partial charge on any atom is 0.186 e. The molecule has 0 heterocycles. The van der Waals surface area contributed by atoms with Crippen LogP contribution in [0.4, 0.5) is 0 Å². The lowest BCUT2D eigenvalue weighted by Crippen LogP contribution is -3.15. The standard InChI is InChI=1S/C8H18N2O/c1-5-7-10(11)8(3,6-2)9-4/h10H,4-7H2,1-3H3. The van der Waals surface area contributed by atoms with Crippen LogP contribution in [0.2, 0.25) is 0 Å². The molecular weight excluding hydrogens is 140 g/mol. The summed E-state index contributed by atoms with van der Waals surface area (Å²) in [6, 6.07) is 0. The zero-order chi connectivity index (χ0) is 8.91. The van der Waals surface area contributed by atoms with E-state index in [1.165, 1.54) is 0 Å². The van der Waals surface area contributed by atoms with Crippen LogP contribution >= 0.6 is 0 Å². The van der Waals surface area contributed by atoms with E-state index in [1.54, 1.807) is 0 Å². The number of hydrogen-bond acceptors (Lipinski definition) is 2. The Labute approximate surface area is 68.7 Å². The van der Waals surface area contributed by atoms with Crippen molar-refractivity contribution >= 4 is 6.72 Å². The van der Waals surface area contributed by atoms with Gasteiger partial charge in [-0.3, -0.25) is 0 Å². The van der Waals surface area contributed by atoms with Gasteiger partial charge < -0.3 is 10.3 Å². The van der Waals surface area contributed by atoms with Crippen LogP contribution in [0.15, 0.2) is 4.99 Å². The van der Waals surface area contributed by atoms with Crippen molar-refractivity contribution in [1.29, 1.82) is 0 Å². The van der Waals surface area contributed by atoms with Crippen molar-refractivity contribution in [2.24, 2.45) is 4.99 Å². The summed E-state index contributed by atoms with van der Waals surface area (Å²) < 4.78 is 0. The van der Waals surface area contributed by atoms with Gasteiger partial charge in [0.15, 0.2) is 5.66 Å². The van der Waals surface area contributed by atoms with Gasteiger partial charge in [0, 0.05) is 13.3 Å². The fourth-order valence-corrected chi connectivity index (χ4v) is 0.894. The van der Waals surface area contributed by atoms with Gasteiger partial charge in [-0.15, -0.1) is 0 Å². The zero-order valence-corrected chi connectivity index (χ0v) is 7.68. The Morgan fingerprint density at radius 2 is 2.09 bits per heavy atom. The second kappa shape index (κ2) is 4.46. The first-order valence-corrected chi connectivity index (χ1v) is 4.12. The molecule has 0 aromatic carbocycles. The fourth-order valence-electron chi connectivity index (χ4n) is 0.894. The number of rotatable bonds is 5. The zero-order valence-electron chi connectivity index (χ0n) is 7.68. The Bertz CT molecular complexity index is 127. The number of quaternary nitrogens is 1. The molecule has 0 radical (unpaired) electrons. The highest BCUT2D eigenvalue weighted by molar-refractivity contribution is 5.24. The molecule has 0 fully saturated rings. The van der Waals surface area contributed by atoms with Gasteiger partial charge in [-0.05, 0) is 13.1 Å². The number of hydrogen-bond donors (Lipinski definition) is 1. The van der Waals surface area contributed by atoms with E-state index in [0.717, 1.165) is 12.8 Å². The second-order valence-electron chi connectivity index (χ2n) is 2.96. The van der Waals surface area contributed by atoms with Crippen LogP contribution in [0.1, 0.15) is 33.6 Å². The van der Waals surface area contributed by atoms with Gasteiger partial charge in [0.2, 0.25) is 0 Å². The van der Waals surface area contributed by atoms with E-state index in [4.69, 9.17) is 0 Å². The average Bonchev–Trinajstić information content (AvgIpc) is 2.03. The maximum atomic E-state index is 11.4. The SMILES string of the molecule is C=NC(C)(CC)[NH+]([O-])CCC. The van der Waals surface area contributed by atoms with Gasteiger partial charge in [-0.25, -0.2) is 4.99 Å². The minimum Gasteiger partial charge on any atom is -0.633 e. The molecule has 0 bridgehead atoms. The molecule has 0 saturated heterocycles. The molecule has 0 saturated carbocycles. The topological polar surface area (TPSA) is 39.9 Å². The smallest absolute Gasteiger partial charge is 0.186 e. The summed E-state index contributed by atoms with van der Waals surface area (Å²) in [4.78, 5) is 3.86. The quantitative estimate of drug-likeness (QED) is 0.462. The lowest BCUT2D eigenvalue weighted by atomic mass is 10.1. The molecular formula is C8H18N2O. The van der Waals surface area contributed by atoms with Gasteiger partial charge >= 0.3 is 0 Å². The number of nitrogens with one attached hydrogen (secondary N) is 1. The lowest BCUT2D eigenvalue weighted by Gasteiger charge is -2.36. The van der Waals surface area contributed by atoms with Crippen LogP contribution in [0.25, 0.3) is 0 Å². The van der Waals surface area contributed by atoms with E-state index in [2.05, 4.69) is 11.7 Å². The summed E-state index contributed by atoms with van der Waals surface area (Å²) in [6.07, 6.45) is 1.64. The van der Waals surface area contributed by atoms with Crippen LogP contribution < -0.4 is 5.06 Å². The van der Waals surface area contributed by atoms with Crippen LogP contribution in [-0.4, -0.2) is 18.9 Å². The Hall–Kier alpha value is -0.410. The third-order valence-electron chi connectivity index (χ3n) is 2.12. The van der Waals surface area contributed by atoms with Gasteiger partial charge in [-0.1, -0.05) is 13.8 Å². The van der Waals surface area contributed by atoms with E-state index in [-0.39, 0.29) is 5.06 Å². The van der Waals surface area contributed by atoms with Crippen molar-refractivity contribution in [3.63, 3.8) is 0 Å². The first-order chi connectivity index (χ1) is 5.10. The summed E-state index contributed by atoms with van der Waals surface area (Å²) in [5.41, 5.74) is -0.532. The molecule has 0 rings (SSSR count). The monoisotopic (exact) mass is 158 g/mol. The van der Waals surface area contributed by atoms with E-state index in [9.17, 15) is 5.21 Å². The van der Waals surface area contributed by atoms with Gasteiger partial charge in [0.1, 0.15) is 0 Å². The summed E-state index contributed by atoms with van der Waals surface area (Å²) in [7, 11) is 0. The lowest BCUT2D eigenvalue weighted by molar-refractivity contribution is -0.902. The Morgan fingerprint density at radius 1 is 1.55 bits per heavy atom. The van der Waals surface area contributed by atoms with Crippen molar-refractivity contribution in [3.8, 4) is 0 Å². The Kier molecular flexibility index (Phi) is 4.30. The fraction of sp³-hybridized carbons (Fsp3) is 0.875. The molecule has 11 heavy (non-hydrogen) atoms. The van der Waals surface area contributed by atoms with Crippen molar-refractivity contribution in [3.05, 3.63) is 5.21 Å². The molecule has 0 aliphatic carbocycles. The number of aliphatic imine (C=N–C) groups is 1. The highest BCUT2D eigenvalue weighted by Crippen LogP contribution is 2.04. The molecule has 1 N–H and O–H groups in total. The van der Waals surface area contributed by atoms with Crippen molar-refractivity contribution in [2.45, 2.75) is 39.3 Å². The van der Waals surface area contributed by atoms with E-state index in [0.29, 0.717) is 6.54 Å². The predicted octanol–water partition coefficient (Wildman–Crippen LogP) is 0.606. The Morgan fingerprint density at radius 3 is 2.36 bits per heavy atom. The molecule has 0 spiro atoms. The summed E-state index contributed by atoms with van der Waals surface area (Å²) in [5, 5.41) is 11.6. The molecule has 2 atom stereocenters. The molecule has 0 amide bonds. The predicted molar refractivity (Wildman–Crippen MR) is 47.7 cm³/mol. The van der Waals surface area contributed by atoms with Crippen LogP contribution in [-0.2, 0) is 0 Å². The van der Waals surface area contributed by atoms with Crippen LogP contribution in [0.3, 0.4) is 0 Å². The maximum absolute atomic E-state index is 11.4.